The molecule has 6 nitrogen and oxygen atoms in total. The second-order valence-corrected chi connectivity index (χ2v) is 4.48. The lowest BCUT2D eigenvalue weighted by atomic mass is 10.0. The Hall–Kier alpha value is -1.43. The fraction of sp³-hybridized carbons (Fsp3) is 0.750. The van der Waals surface area contributed by atoms with Gasteiger partial charge in [-0.1, -0.05) is 20.8 Å². The average Bonchev–Trinajstić information content (AvgIpc) is 2.71. The van der Waals surface area contributed by atoms with Gasteiger partial charge >= 0.3 is 5.97 Å². The number of aryl methyl sites for hydroxylation is 2. The Morgan fingerprint density at radius 1 is 1.39 bits per heavy atom. The summed E-state index contributed by atoms with van der Waals surface area (Å²) in [5, 5.41) is 16.7. The Morgan fingerprint density at radius 3 is 2.50 bits per heavy atom. The van der Waals surface area contributed by atoms with Crippen LogP contribution in [0.5, 0.6) is 0 Å². The summed E-state index contributed by atoms with van der Waals surface area (Å²) in [7, 11) is 0. The van der Waals surface area contributed by atoms with Crippen LogP contribution in [0.25, 0.3) is 0 Å². The SMILES string of the molecule is CCNC(C)(Cn1nc(CC)nc1CC)C(=O)O. The van der Waals surface area contributed by atoms with Crippen molar-refractivity contribution < 1.29 is 9.90 Å². The van der Waals surface area contributed by atoms with Gasteiger partial charge in [-0.2, -0.15) is 5.10 Å². The van der Waals surface area contributed by atoms with Gasteiger partial charge in [0.05, 0.1) is 6.54 Å². The van der Waals surface area contributed by atoms with Crippen LogP contribution in [0, 0.1) is 0 Å². The summed E-state index contributed by atoms with van der Waals surface area (Å²) in [6.07, 6.45) is 1.50. The summed E-state index contributed by atoms with van der Waals surface area (Å²) >= 11 is 0. The highest BCUT2D eigenvalue weighted by atomic mass is 16.4. The van der Waals surface area contributed by atoms with E-state index in [-0.39, 0.29) is 6.54 Å². The predicted octanol–water partition coefficient (Wildman–Crippen LogP) is 0.856. The molecule has 0 saturated carbocycles. The summed E-state index contributed by atoms with van der Waals surface area (Å²) in [5.74, 6) is 0.716. The zero-order chi connectivity index (χ0) is 13.8. The topological polar surface area (TPSA) is 80.0 Å². The Morgan fingerprint density at radius 2 is 2.06 bits per heavy atom. The molecule has 0 saturated heterocycles. The van der Waals surface area contributed by atoms with Gasteiger partial charge in [0.1, 0.15) is 11.4 Å². The number of rotatable bonds is 7. The van der Waals surface area contributed by atoms with Crippen molar-refractivity contribution in [2.24, 2.45) is 0 Å². The first-order chi connectivity index (χ1) is 8.46. The second kappa shape index (κ2) is 5.95. The number of hydrogen-bond donors (Lipinski definition) is 2. The minimum atomic E-state index is -1.02. The number of carboxylic acid groups (broad SMARTS) is 1. The van der Waals surface area contributed by atoms with Crippen LogP contribution in [0.2, 0.25) is 0 Å². The Kier molecular flexibility index (Phi) is 4.84. The van der Waals surface area contributed by atoms with E-state index in [9.17, 15) is 9.90 Å². The number of aliphatic carboxylic acids is 1. The van der Waals surface area contributed by atoms with Crippen LogP contribution in [0.1, 0.15) is 39.3 Å². The van der Waals surface area contributed by atoms with E-state index >= 15 is 0 Å². The summed E-state index contributed by atoms with van der Waals surface area (Å²) in [6, 6.07) is 0. The highest BCUT2D eigenvalue weighted by Crippen LogP contribution is 2.11. The lowest BCUT2D eigenvalue weighted by molar-refractivity contribution is -0.144. The third-order valence-corrected chi connectivity index (χ3v) is 2.93. The van der Waals surface area contributed by atoms with Crippen molar-refractivity contribution in [1.82, 2.24) is 20.1 Å². The molecule has 0 aliphatic heterocycles. The van der Waals surface area contributed by atoms with Crippen molar-refractivity contribution in [2.75, 3.05) is 6.54 Å². The quantitative estimate of drug-likeness (QED) is 0.754. The molecule has 1 heterocycles. The molecule has 1 rings (SSSR count). The lowest BCUT2D eigenvalue weighted by Crippen LogP contribution is -2.52. The molecule has 1 aromatic heterocycles. The second-order valence-electron chi connectivity index (χ2n) is 4.48. The van der Waals surface area contributed by atoms with Gasteiger partial charge in [-0.25, -0.2) is 9.67 Å². The van der Waals surface area contributed by atoms with E-state index in [1.807, 2.05) is 20.8 Å². The molecule has 1 aromatic rings. The molecule has 1 atom stereocenters. The van der Waals surface area contributed by atoms with Gasteiger partial charge in [-0.05, 0) is 13.5 Å². The molecule has 0 fully saturated rings. The first-order valence-electron chi connectivity index (χ1n) is 6.37. The summed E-state index contributed by atoms with van der Waals surface area (Å²) in [4.78, 5) is 15.7. The van der Waals surface area contributed by atoms with Crippen molar-refractivity contribution in [3.05, 3.63) is 11.6 Å². The molecule has 0 amide bonds. The number of carbonyl (C=O) groups is 1. The predicted molar refractivity (Wildman–Crippen MR) is 68.5 cm³/mol. The first kappa shape index (κ1) is 14.6. The van der Waals surface area contributed by atoms with Gasteiger partial charge in [0.2, 0.25) is 0 Å². The third-order valence-electron chi connectivity index (χ3n) is 2.93. The molecular weight excluding hydrogens is 232 g/mol. The zero-order valence-electron chi connectivity index (χ0n) is 11.5. The number of nitrogens with one attached hydrogen (secondary N) is 1. The van der Waals surface area contributed by atoms with Gasteiger partial charge in [0, 0.05) is 12.8 Å². The molecule has 0 aromatic carbocycles. The van der Waals surface area contributed by atoms with Gasteiger partial charge < -0.3 is 10.4 Å². The van der Waals surface area contributed by atoms with Crippen LogP contribution in [0.4, 0.5) is 0 Å². The van der Waals surface area contributed by atoms with Crippen molar-refractivity contribution in [2.45, 2.75) is 52.6 Å². The maximum Gasteiger partial charge on any atom is 0.325 e. The molecule has 0 radical (unpaired) electrons. The highest BCUT2D eigenvalue weighted by Gasteiger charge is 2.33. The van der Waals surface area contributed by atoms with Crippen molar-refractivity contribution >= 4 is 5.97 Å². The minimum Gasteiger partial charge on any atom is -0.480 e. The van der Waals surface area contributed by atoms with Crippen molar-refractivity contribution in [3.63, 3.8) is 0 Å². The number of aromatic nitrogens is 3. The lowest BCUT2D eigenvalue weighted by Gasteiger charge is -2.25. The van der Waals surface area contributed by atoms with Crippen LogP contribution < -0.4 is 5.32 Å². The molecule has 1 unspecified atom stereocenters. The fourth-order valence-corrected chi connectivity index (χ4v) is 1.85. The Balaban J connectivity index is 2.99. The number of likely N-dealkylation sites (N-methyl/N-ethyl adjacent to an activating group) is 1. The number of hydrogen-bond acceptors (Lipinski definition) is 4. The monoisotopic (exact) mass is 254 g/mol. The average molecular weight is 254 g/mol. The standard InChI is InChI=1S/C12H22N4O2/c1-5-9-14-10(6-2)16(15-9)8-12(4,11(17)18)13-7-3/h13H,5-8H2,1-4H3,(H,17,18). The molecule has 0 aliphatic carbocycles. The number of carboxylic acids is 1. The van der Waals surface area contributed by atoms with Gasteiger partial charge in [-0.15, -0.1) is 0 Å². The highest BCUT2D eigenvalue weighted by molar-refractivity contribution is 5.78. The molecule has 6 heteroatoms. The third kappa shape index (κ3) is 3.07. The van der Waals surface area contributed by atoms with E-state index in [1.165, 1.54) is 0 Å². The molecule has 18 heavy (non-hydrogen) atoms. The van der Waals surface area contributed by atoms with Gasteiger partial charge in [0.15, 0.2) is 5.82 Å². The first-order valence-corrected chi connectivity index (χ1v) is 6.37. The molecule has 0 aliphatic rings. The normalized spacial score (nSPS) is 14.4. The summed E-state index contributed by atoms with van der Waals surface area (Å²) in [5.41, 5.74) is -1.02. The molecular formula is C12H22N4O2. The largest absolute Gasteiger partial charge is 0.480 e. The Labute approximate surface area is 107 Å². The van der Waals surface area contributed by atoms with E-state index in [2.05, 4.69) is 15.4 Å². The van der Waals surface area contributed by atoms with E-state index < -0.39 is 11.5 Å². The van der Waals surface area contributed by atoms with E-state index in [0.29, 0.717) is 6.54 Å². The van der Waals surface area contributed by atoms with Crippen molar-refractivity contribution in [3.8, 4) is 0 Å². The number of nitrogens with zero attached hydrogens (tertiary/aromatic N) is 3. The zero-order valence-corrected chi connectivity index (χ0v) is 11.5. The maximum absolute atomic E-state index is 11.4. The van der Waals surface area contributed by atoms with Crippen LogP contribution in [0.15, 0.2) is 0 Å². The van der Waals surface area contributed by atoms with Crippen LogP contribution in [0.3, 0.4) is 0 Å². The smallest absolute Gasteiger partial charge is 0.325 e. The minimum absolute atomic E-state index is 0.284. The van der Waals surface area contributed by atoms with Gasteiger partial charge in [0.25, 0.3) is 0 Å². The molecule has 2 N–H and O–H groups in total. The summed E-state index contributed by atoms with van der Waals surface area (Å²) < 4.78 is 1.70. The fourth-order valence-electron chi connectivity index (χ4n) is 1.85. The van der Waals surface area contributed by atoms with Crippen LogP contribution >= 0.6 is 0 Å². The molecule has 0 spiro atoms. The van der Waals surface area contributed by atoms with Crippen molar-refractivity contribution in [1.29, 1.82) is 0 Å². The van der Waals surface area contributed by atoms with Crippen LogP contribution in [-0.4, -0.2) is 37.9 Å². The Bertz CT molecular complexity index is 416. The molecule has 102 valence electrons. The van der Waals surface area contributed by atoms with Crippen LogP contribution in [-0.2, 0) is 24.2 Å². The van der Waals surface area contributed by atoms with E-state index in [4.69, 9.17) is 0 Å². The van der Waals surface area contributed by atoms with Gasteiger partial charge in [-0.3, -0.25) is 4.79 Å². The van der Waals surface area contributed by atoms with E-state index in [0.717, 1.165) is 24.5 Å². The van der Waals surface area contributed by atoms with E-state index in [1.54, 1.807) is 11.6 Å². The maximum atomic E-state index is 11.4. The molecule has 0 bridgehead atoms. The summed E-state index contributed by atoms with van der Waals surface area (Å²) in [6.45, 7) is 8.42.